The van der Waals surface area contributed by atoms with E-state index in [2.05, 4.69) is 5.32 Å². The smallest absolute Gasteiger partial charge is 0.416 e. The molecule has 1 aromatic carbocycles. The van der Waals surface area contributed by atoms with Crippen LogP contribution in [0, 0.1) is 6.92 Å². The quantitative estimate of drug-likeness (QED) is 0.900. The molecule has 0 aliphatic carbocycles. The molecule has 1 fully saturated rings. The lowest BCUT2D eigenvalue weighted by Gasteiger charge is -2.15. The van der Waals surface area contributed by atoms with Gasteiger partial charge >= 0.3 is 6.18 Å². The van der Waals surface area contributed by atoms with Crippen LogP contribution in [0.3, 0.4) is 0 Å². The SMILES string of the molecule is Cc1cc(C(F)(F)F)ccc1OCC1CCCN1. The molecule has 1 saturated heterocycles. The van der Waals surface area contributed by atoms with Gasteiger partial charge in [0.25, 0.3) is 0 Å². The van der Waals surface area contributed by atoms with E-state index in [-0.39, 0.29) is 0 Å². The number of halogens is 3. The standard InChI is InChI=1S/C13H16F3NO/c1-9-7-10(13(14,15)16)4-5-12(9)18-8-11-3-2-6-17-11/h4-5,7,11,17H,2-3,6,8H2,1H3. The molecule has 1 atom stereocenters. The molecule has 0 aromatic heterocycles. The van der Waals surface area contributed by atoms with Crippen molar-refractivity contribution in [2.24, 2.45) is 0 Å². The maximum absolute atomic E-state index is 12.5. The zero-order chi connectivity index (χ0) is 13.2. The minimum absolute atomic E-state index is 0.312. The van der Waals surface area contributed by atoms with Crippen molar-refractivity contribution in [1.82, 2.24) is 5.32 Å². The fourth-order valence-electron chi connectivity index (χ4n) is 2.08. The molecule has 2 nitrogen and oxygen atoms in total. The summed E-state index contributed by atoms with van der Waals surface area (Å²) in [7, 11) is 0. The molecule has 5 heteroatoms. The van der Waals surface area contributed by atoms with Crippen molar-refractivity contribution in [2.45, 2.75) is 32.0 Å². The van der Waals surface area contributed by atoms with E-state index in [9.17, 15) is 13.2 Å². The first-order valence-electron chi connectivity index (χ1n) is 6.01. The van der Waals surface area contributed by atoms with Crippen LogP contribution in [0.1, 0.15) is 24.0 Å². The van der Waals surface area contributed by atoms with Crippen molar-refractivity contribution < 1.29 is 17.9 Å². The van der Waals surface area contributed by atoms with E-state index in [4.69, 9.17) is 4.74 Å². The van der Waals surface area contributed by atoms with Crippen LogP contribution in [0.25, 0.3) is 0 Å². The predicted octanol–water partition coefficient (Wildman–Crippen LogP) is 3.14. The Labute approximate surface area is 104 Å². The van der Waals surface area contributed by atoms with Gasteiger partial charge in [-0.25, -0.2) is 0 Å². The topological polar surface area (TPSA) is 21.3 Å². The van der Waals surface area contributed by atoms with Crippen LogP contribution in [0.4, 0.5) is 13.2 Å². The molecule has 1 aromatic rings. The first kappa shape index (κ1) is 13.2. The number of aryl methyl sites for hydroxylation is 1. The summed E-state index contributed by atoms with van der Waals surface area (Å²) in [5, 5.41) is 3.28. The third-order valence-electron chi connectivity index (χ3n) is 3.10. The van der Waals surface area contributed by atoms with E-state index in [1.165, 1.54) is 6.07 Å². The van der Waals surface area contributed by atoms with E-state index >= 15 is 0 Å². The second-order valence-corrected chi connectivity index (χ2v) is 4.58. The Balaban J connectivity index is 2.01. The highest BCUT2D eigenvalue weighted by atomic mass is 19.4. The first-order valence-corrected chi connectivity index (χ1v) is 6.01. The van der Waals surface area contributed by atoms with E-state index in [0.29, 0.717) is 24.0 Å². The van der Waals surface area contributed by atoms with Gasteiger partial charge in [0.05, 0.1) is 5.56 Å². The number of rotatable bonds is 3. The normalized spacial score (nSPS) is 20.1. The number of benzene rings is 1. The lowest BCUT2D eigenvalue weighted by Crippen LogP contribution is -2.28. The highest BCUT2D eigenvalue weighted by Gasteiger charge is 2.30. The highest BCUT2D eigenvalue weighted by molar-refractivity contribution is 5.37. The van der Waals surface area contributed by atoms with Crippen LogP contribution < -0.4 is 10.1 Å². The molecular weight excluding hydrogens is 243 g/mol. The Morgan fingerprint density at radius 2 is 2.17 bits per heavy atom. The van der Waals surface area contributed by atoms with Crippen LogP contribution in [0.5, 0.6) is 5.75 Å². The first-order chi connectivity index (χ1) is 8.47. The zero-order valence-electron chi connectivity index (χ0n) is 10.2. The third kappa shape index (κ3) is 3.16. The minimum atomic E-state index is -4.30. The van der Waals surface area contributed by atoms with Crippen LogP contribution in [0.2, 0.25) is 0 Å². The molecule has 0 spiro atoms. The van der Waals surface area contributed by atoms with Crippen LogP contribution >= 0.6 is 0 Å². The van der Waals surface area contributed by atoms with Crippen molar-refractivity contribution in [3.63, 3.8) is 0 Å². The van der Waals surface area contributed by atoms with E-state index in [1.807, 2.05) is 0 Å². The number of hydrogen-bond donors (Lipinski definition) is 1. The van der Waals surface area contributed by atoms with Crippen molar-refractivity contribution >= 4 is 0 Å². The minimum Gasteiger partial charge on any atom is -0.492 e. The molecule has 18 heavy (non-hydrogen) atoms. The predicted molar refractivity (Wildman–Crippen MR) is 62.7 cm³/mol. The van der Waals surface area contributed by atoms with Gasteiger partial charge in [-0.05, 0) is 50.1 Å². The molecule has 2 rings (SSSR count). The van der Waals surface area contributed by atoms with E-state index in [1.54, 1.807) is 6.92 Å². The third-order valence-corrected chi connectivity index (χ3v) is 3.10. The summed E-state index contributed by atoms with van der Waals surface area (Å²) in [6.07, 6.45) is -2.12. The largest absolute Gasteiger partial charge is 0.492 e. The molecule has 1 unspecified atom stereocenters. The lowest BCUT2D eigenvalue weighted by atomic mass is 10.1. The van der Waals surface area contributed by atoms with Crippen LogP contribution in [-0.4, -0.2) is 19.2 Å². The summed E-state index contributed by atoms with van der Waals surface area (Å²) in [4.78, 5) is 0. The molecule has 1 aliphatic rings. The maximum Gasteiger partial charge on any atom is 0.416 e. The Morgan fingerprint density at radius 3 is 2.72 bits per heavy atom. The Bertz CT molecular complexity index is 411. The molecule has 0 bridgehead atoms. The van der Waals surface area contributed by atoms with Gasteiger partial charge < -0.3 is 10.1 Å². The summed E-state index contributed by atoms with van der Waals surface area (Å²) in [6.45, 7) is 3.12. The van der Waals surface area contributed by atoms with Gasteiger partial charge in [0.15, 0.2) is 0 Å². The van der Waals surface area contributed by atoms with Gasteiger partial charge in [0.1, 0.15) is 12.4 Å². The average Bonchev–Trinajstić information content (AvgIpc) is 2.79. The fraction of sp³-hybridized carbons (Fsp3) is 0.538. The maximum atomic E-state index is 12.5. The Hall–Kier alpha value is -1.23. The lowest BCUT2D eigenvalue weighted by molar-refractivity contribution is -0.137. The van der Waals surface area contributed by atoms with E-state index < -0.39 is 11.7 Å². The van der Waals surface area contributed by atoms with Gasteiger partial charge in [-0.3, -0.25) is 0 Å². The average molecular weight is 259 g/mol. The number of alkyl halides is 3. The summed E-state index contributed by atoms with van der Waals surface area (Å²) < 4.78 is 43.0. The molecule has 1 N–H and O–H groups in total. The molecule has 0 radical (unpaired) electrons. The van der Waals surface area contributed by atoms with Gasteiger partial charge in [-0.2, -0.15) is 13.2 Å². The summed E-state index contributed by atoms with van der Waals surface area (Å²) >= 11 is 0. The highest BCUT2D eigenvalue weighted by Crippen LogP contribution is 2.32. The number of nitrogens with one attached hydrogen (secondary N) is 1. The second kappa shape index (κ2) is 5.18. The molecule has 100 valence electrons. The van der Waals surface area contributed by atoms with E-state index in [0.717, 1.165) is 31.5 Å². The van der Waals surface area contributed by atoms with Crippen molar-refractivity contribution in [3.8, 4) is 5.75 Å². The zero-order valence-corrected chi connectivity index (χ0v) is 10.2. The molecule has 0 amide bonds. The number of ether oxygens (including phenoxy) is 1. The molecule has 0 saturated carbocycles. The summed E-state index contributed by atoms with van der Waals surface area (Å²) in [6, 6.07) is 3.89. The summed E-state index contributed by atoms with van der Waals surface area (Å²) in [5.41, 5.74) is -0.117. The van der Waals surface area contributed by atoms with Gasteiger partial charge in [0, 0.05) is 6.04 Å². The summed E-state index contributed by atoms with van der Waals surface area (Å²) in [5.74, 6) is 0.525. The monoisotopic (exact) mass is 259 g/mol. The van der Waals surface area contributed by atoms with Gasteiger partial charge in [0.2, 0.25) is 0 Å². The van der Waals surface area contributed by atoms with Crippen molar-refractivity contribution in [1.29, 1.82) is 0 Å². The molecular formula is C13H16F3NO. The number of hydrogen-bond acceptors (Lipinski definition) is 2. The van der Waals surface area contributed by atoms with Gasteiger partial charge in [-0.15, -0.1) is 0 Å². The Kier molecular flexibility index (Phi) is 3.80. The van der Waals surface area contributed by atoms with Crippen molar-refractivity contribution in [3.05, 3.63) is 29.3 Å². The second-order valence-electron chi connectivity index (χ2n) is 4.58. The molecule has 1 aliphatic heterocycles. The van der Waals surface area contributed by atoms with Crippen LogP contribution in [0.15, 0.2) is 18.2 Å². The van der Waals surface area contributed by atoms with Crippen molar-refractivity contribution in [2.75, 3.05) is 13.2 Å². The van der Waals surface area contributed by atoms with Gasteiger partial charge in [-0.1, -0.05) is 0 Å². The fourth-order valence-corrected chi connectivity index (χ4v) is 2.08. The van der Waals surface area contributed by atoms with Crippen LogP contribution in [-0.2, 0) is 6.18 Å². The molecule has 1 heterocycles. The Morgan fingerprint density at radius 1 is 1.39 bits per heavy atom.